The molecule has 0 aliphatic rings. The van der Waals surface area contributed by atoms with Crippen molar-refractivity contribution in [2.24, 2.45) is 0 Å². The van der Waals surface area contributed by atoms with Gasteiger partial charge in [0.25, 0.3) is 0 Å². The average molecular weight is 603 g/mol. The first-order valence-corrected chi connectivity index (χ1v) is 14.5. The van der Waals surface area contributed by atoms with Gasteiger partial charge in [-0.15, -0.1) is 0 Å². The van der Waals surface area contributed by atoms with Crippen LogP contribution in [-0.2, 0) is 38.4 Å². The van der Waals surface area contributed by atoms with Crippen LogP contribution < -0.4 is 29.6 Å². The van der Waals surface area contributed by atoms with Crippen molar-refractivity contribution in [2.45, 2.75) is 105 Å². The van der Waals surface area contributed by atoms with Crippen molar-refractivity contribution < 1.29 is 75.7 Å². The average Bonchev–Trinajstić information content (AvgIpc) is 2.87. The molecule has 0 spiro atoms. The van der Waals surface area contributed by atoms with Gasteiger partial charge in [-0.2, -0.15) is 0 Å². The molecule has 12 heteroatoms. The molecule has 0 rings (SSSR count). The molecule has 40 heavy (non-hydrogen) atoms. The Morgan fingerprint density at radius 3 is 1.48 bits per heavy atom. The largest absolute Gasteiger partial charge is 1.00 e. The molecule has 0 aliphatic carbocycles. The summed E-state index contributed by atoms with van der Waals surface area (Å²) >= 11 is 0. The molecule has 0 aliphatic heterocycles. The number of aliphatic carboxylic acids is 1. The maximum atomic E-state index is 10.3. The molecular formula is C28H51NaO10S. The number of carboxylic acids is 1. The van der Waals surface area contributed by atoms with Gasteiger partial charge in [-0.25, -0.2) is 22.8 Å². The fourth-order valence-corrected chi connectivity index (χ4v) is 2.62. The van der Waals surface area contributed by atoms with Gasteiger partial charge in [0.2, 0.25) is 10.4 Å². The van der Waals surface area contributed by atoms with E-state index in [1.54, 1.807) is 6.92 Å². The Labute approximate surface area is 264 Å². The van der Waals surface area contributed by atoms with Crippen molar-refractivity contribution in [3.05, 3.63) is 37.0 Å². The van der Waals surface area contributed by atoms with E-state index in [2.05, 4.69) is 40.3 Å². The number of carbonyl (C=O) groups excluding carboxylic acids is 2. The van der Waals surface area contributed by atoms with Gasteiger partial charge in [0.1, 0.15) is 0 Å². The van der Waals surface area contributed by atoms with Crippen LogP contribution in [0.25, 0.3) is 0 Å². The third-order valence-corrected chi connectivity index (χ3v) is 4.99. The summed E-state index contributed by atoms with van der Waals surface area (Å²) in [6.45, 7) is 17.6. The fourth-order valence-electron chi connectivity index (χ4n) is 2.30. The molecule has 10 nitrogen and oxygen atoms in total. The number of carbonyl (C=O) groups is 3. The number of rotatable bonds is 18. The molecule has 0 aromatic rings. The summed E-state index contributed by atoms with van der Waals surface area (Å²) in [4.78, 5) is 30.1. The molecular weight excluding hydrogens is 551 g/mol. The van der Waals surface area contributed by atoms with Crippen LogP contribution in [0.2, 0.25) is 0 Å². The molecule has 0 amide bonds. The number of methoxy groups -OCH3 is 1. The monoisotopic (exact) mass is 602 g/mol. The number of unbranched alkanes of at least 4 members (excludes halogenated alkanes) is 10. The van der Waals surface area contributed by atoms with Crippen molar-refractivity contribution >= 4 is 28.3 Å². The van der Waals surface area contributed by atoms with Crippen LogP contribution in [0, 0.1) is 0 Å². The minimum Gasteiger partial charge on any atom is -0.726 e. The summed E-state index contributed by atoms with van der Waals surface area (Å²) in [5, 5.41) is 7.89. The van der Waals surface area contributed by atoms with Crippen LogP contribution >= 0.6 is 0 Å². The summed E-state index contributed by atoms with van der Waals surface area (Å²) in [5.74, 6) is -1.61. The van der Waals surface area contributed by atoms with E-state index in [0.29, 0.717) is 18.6 Å². The molecule has 0 atom stereocenters. The topological polar surface area (TPSA) is 156 Å². The molecule has 230 valence electrons. The van der Waals surface area contributed by atoms with Crippen molar-refractivity contribution in [3.8, 4) is 0 Å². The summed E-state index contributed by atoms with van der Waals surface area (Å²) in [5.41, 5.74) is 0.609. The number of esters is 2. The Morgan fingerprint density at radius 1 is 0.800 bits per heavy atom. The quantitative estimate of drug-likeness (QED) is 0.0617. The summed E-state index contributed by atoms with van der Waals surface area (Å²) in [7, 11) is -3.15. The molecule has 0 saturated heterocycles. The third-order valence-electron chi connectivity index (χ3n) is 4.53. The van der Waals surface area contributed by atoms with Gasteiger partial charge < -0.3 is 19.1 Å². The van der Waals surface area contributed by atoms with Crippen molar-refractivity contribution in [1.29, 1.82) is 0 Å². The molecule has 0 bridgehead atoms. The van der Waals surface area contributed by atoms with E-state index in [9.17, 15) is 27.4 Å². The van der Waals surface area contributed by atoms with E-state index >= 15 is 0 Å². The first-order chi connectivity index (χ1) is 18.2. The third kappa shape index (κ3) is 52.9. The van der Waals surface area contributed by atoms with Crippen LogP contribution in [0.1, 0.15) is 105 Å². The first-order valence-electron chi connectivity index (χ1n) is 13.2. The maximum absolute atomic E-state index is 10.3. The van der Waals surface area contributed by atoms with Crippen LogP contribution in [0.15, 0.2) is 37.0 Å². The number of hydrogen-bond donors (Lipinski definition) is 1. The Hall–Kier alpha value is -1.50. The Bertz CT molecular complexity index is 768. The number of ether oxygens (including phenoxy) is 2. The standard InChI is InChI=1S/C12H26O4S.C7H12O2.C5H8O2.C4H6O2.Na/c1-2-3-4-5-6-7-8-9-10-11-12-16-17(13,14)15;1-3-5-6-9-7(8)4-2;1-4(2)5(6)7-3;1-3(2)4(5)6;/h2-12H2,1H3,(H,13,14,15);4H,2-3,5-6H2,1H3;1H2,2-3H3;1H2,2H3,(H,5,6);/q;;;;+1/p-1. The van der Waals surface area contributed by atoms with Gasteiger partial charge in [0.05, 0.1) is 20.3 Å². The normalized spacial score (nSPS) is 9.45. The van der Waals surface area contributed by atoms with Gasteiger partial charge in [-0.1, -0.05) is 97.8 Å². The zero-order valence-corrected chi connectivity index (χ0v) is 28.4. The second kappa shape index (κ2) is 35.5. The predicted octanol–water partition coefficient (Wildman–Crippen LogP) is 3.29. The van der Waals surface area contributed by atoms with Gasteiger partial charge in [-0.05, 0) is 26.7 Å². The summed E-state index contributed by atoms with van der Waals surface area (Å²) in [6.07, 6.45) is 14.9. The van der Waals surface area contributed by atoms with Gasteiger partial charge in [0.15, 0.2) is 0 Å². The molecule has 0 heterocycles. The van der Waals surface area contributed by atoms with Gasteiger partial charge in [0, 0.05) is 17.2 Å². The molecule has 1 N–H and O–H groups in total. The zero-order valence-electron chi connectivity index (χ0n) is 25.6. The smallest absolute Gasteiger partial charge is 0.726 e. The zero-order chi connectivity index (χ0) is 31.1. The van der Waals surface area contributed by atoms with E-state index in [1.165, 1.54) is 65.1 Å². The van der Waals surface area contributed by atoms with E-state index in [0.717, 1.165) is 25.7 Å². The molecule has 0 saturated carbocycles. The molecule has 0 fully saturated rings. The molecule has 0 radical (unpaired) electrons. The minimum atomic E-state index is -4.48. The summed E-state index contributed by atoms with van der Waals surface area (Å²) in [6, 6.07) is 0. The molecule has 0 aromatic heterocycles. The Morgan fingerprint density at radius 2 is 1.20 bits per heavy atom. The number of carboxylic acid groups (broad SMARTS) is 1. The molecule has 0 unspecified atom stereocenters. The van der Waals surface area contributed by atoms with Crippen LogP contribution in [0.4, 0.5) is 0 Å². The maximum Gasteiger partial charge on any atom is 1.00 e. The van der Waals surface area contributed by atoms with Crippen LogP contribution in [-0.4, -0.2) is 56.3 Å². The van der Waals surface area contributed by atoms with Gasteiger partial charge in [-0.3, -0.25) is 4.18 Å². The first kappa shape index (κ1) is 48.2. The molecule has 0 aromatic carbocycles. The second-order valence-electron chi connectivity index (χ2n) is 8.49. The number of hydrogen-bond acceptors (Lipinski definition) is 9. The Balaban J connectivity index is -0.000000150. The van der Waals surface area contributed by atoms with Crippen molar-refractivity contribution in [1.82, 2.24) is 0 Å². The summed E-state index contributed by atoms with van der Waals surface area (Å²) < 4.78 is 43.4. The second-order valence-corrected chi connectivity index (χ2v) is 9.55. The predicted molar refractivity (Wildman–Crippen MR) is 153 cm³/mol. The van der Waals surface area contributed by atoms with Crippen LogP contribution in [0.5, 0.6) is 0 Å². The van der Waals surface area contributed by atoms with E-state index in [1.807, 2.05) is 6.92 Å². The minimum absolute atomic E-state index is 0. The van der Waals surface area contributed by atoms with E-state index in [4.69, 9.17) is 5.11 Å². The van der Waals surface area contributed by atoms with Crippen LogP contribution in [0.3, 0.4) is 0 Å². The van der Waals surface area contributed by atoms with Crippen molar-refractivity contribution in [3.63, 3.8) is 0 Å². The van der Waals surface area contributed by atoms with Crippen molar-refractivity contribution in [2.75, 3.05) is 20.3 Å². The van der Waals surface area contributed by atoms with E-state index < -0.39 is 16.4 Å². The SMILES string of the molecule is C=C(C)C(=O)O.C=C(C)C(=O)OC.C=CC(=O)OCCCC.CCCCCCCCCCCCOS(=O)(=O)[O-].[Na+]. The Kier molecular flexibility index (Phi) is 42.8. The van der Waals surface area contributed by atoms with Gasteiger partial charge >= 0.3 is 47.5 Å². The van der Waals surface area contributed by atoms with E-state index in [-0.39, 0.29) is 53.7 Å². The fraction of sp³-hybridized carbons (Fsp3) is 0.679.